The van der Waals surface area contributed by atoms with Crippen LogP contribution in [0.1, 0.15) is 54.2 Å². The van der Waals surface area contributed by atoms with E-state index in [1.807, 2.05) is 4.68 Å². The summed E-state index contributed by atoms with van der Waals surface area (Å²) in [6, 6.07) is 6.52. The Morgan fingerprint density at radius 3 is 2.89 bits per heavy atom. The maximum Gasteiger partial charge on any atom is 0.273 e. The van der Waals surface area contributed by atoms with Crippen molar-refractivity contribution in [2.75, 3.05) is 0 Å². The maximum atomic E-state index is 13.3. The monoisotopic (exact) mass is 368 g/mol. The van der Waals surface area contributed by atoms with E-state index in [9.17, 15) is 9.18 Å². The highest BCUT2D eigenvalue weighted by Crippen LogP contribution is 2.27. The minimum Gasteiger partial charge on any atom is -0.346 e. The minimum absolute atomic E-state index is 0.268. The minimum atomic E-state index is -0.320. The highest BCUT2D eigenvalue weighted by atomic mass is 19.1. The van der Waals surface area contributed by atoms with E-state index in [1.54, 1.807) is 35.4 Å². The molecule has 1 aliphatic carbocycles. The average molecular weight is 368 g/mol. The zero-order valence-corrected chi connectivity index (χ0v) is 14.9. The molecule has 0 bridgehead atoms. The smallest absolute Gasteiger partial charge is 0.273 e. The Hall–Kier alpha value is -3.03. The first-order chi connectivity index (χ1) is 13.2. The average Bonchev–Trinajstić information content (AvgIpc) is 3.37. The van der Waals surface area contributed by atoms with Crippen molar-refractivity contribution in [3.05, 3.63) is 59.9 Å². The molecule has 1 saturated carbocycles. The van der Waals surface area contributed by atoms with Crippen molar-refractivity contribution in [3.63, 3.8) is 0 Å². The summed E-state index contributed by atoms with van der Waals surface area (Å²) in [6.45, 7) is 0.310. The van der Waals surface area contributed by atoms with E-state index >= 15 is 0 Å². The van der Waals surface area contributed by atoms with Crippen LogP contribution in [0.15, 0.2) is 42.9 Å². The first kappa shape index (κ1) is 17.4. The number of nitrogens with one attached hydrogen (secondary N) is 1. The molecule has 8 heteroatoms. The van der Waals surface area contributed by atoms with Gasteiger partial charge in [0.1, 0.15) is 5.82 Å². The van der Waals surface area contributed by atoms with E-state index in [-0.39, 0.29) is 11.7 Å². The highest BCUT2D eigenvalue weighted by Gasteiger charge is 2.19. The van der Waals surface area contributed by atoms with Gasteiger partial charge in [-0.25, -0.2) is 13.8 Å². The predicted octanol–water partition coefficient (Wildman–Crippen LogP) is 3.04. The lowest BCUT2D eigenvalue weighted by Gasteiger charge is -2.20. The summed E-state index contributed by atoms with van der Waals surface area (Å²) in [5.41, 5.74) is 1.76. The lowest BCUT2D eigenvalue weighted by Crippen LogP contribution is -2.23. The first-order valence-electron chi connectivity index (χ1n) is 9.18. The third kappa shape index (κ3) is 4.05. The van der Waals surface area contributed by atoms with Crippen LogP contribution >= 0.6 is 0 Å². The van der Waals surface area contributed by atoms with Crippen LogP contribution in [0.2, 0.25) is 0 Å². The van der Waals surface area contributed by atoms with E-state index in [0.29, 0.717) is 24.0 Å². The summed E-state index contributed by atoms with van der Waals surface area (Å²) in [5.74, 6) is -0.588. The summed E-state index contributed by atoms with van der Waals surface area (Å²) < 4.78 is 16.7. The zero-order chi connectivity index (χ0) is 18.6. The molecule has 1 amide bonds. The standard InChI is InChI=1S/C19H21FN6O/c20-15-5-4-8-17(9-15)25-12-14(11-22-25)10-21-19(27)18-13-26(24-23-18)16-6-2-1-3-7-16/h4-5,8-9,11-13,16H,1-3,6-7,10H2,(H,21,27). The Labute approximate surface area is 156 Å². The molecule has 27 heavy (non-hydrogen) atoms. The Kier molecular flexibility index (Phi) is 4.95. The maximum absolute atomic E-state index is 13.3. The van der Waals surface area contributed by atoms with E-state index < -0.39 is 0 Å². The van der Waals surface area contributed by atoms with Crippen LogP contribution in [-0.2, 0) is 6.54 Å². The third-order valence-corrected chi connectivity index (χ3v) is 4.85. The largest absolute Gasteiger partial charge is 0.346 e. The lowest BCUT2D eigenvalue weighted by atomic mass is 9.96. The van der Waals surface area contributed by atoms with Gasteiger partial charge in [0.15, 0.2) is 5.69 Å². The second-order valence-electron chi connectivity index (χ2n) is 6.83. The van der Waals surface area contributed by atoms with Gasteiger partial charge in [-0.1, -0.05) is 30.5 Å². The van der Waals surface area contributed by atoms with Crippen LogP contribution < -0.4 is 5.32 Å². The van der Waals surface area contributed by atoms with E-state index in [1.165, 1.54) is 31.4 Å². The van der Waals surface area contributed by atoms with Gasteiger partial charge in [0.2, 0.25) is 0 Å². The molecule has 1 N–H and O–H groups in total. The number of aromatic nitrogens is 5. The number of nitrogens with zero attached hydrogens (tertiary/aromatic N) is 5. The molecule has 1 aliphatic rings. The summed E-state index contributed by atoms with van der Waals surface area (Å²) in [4.78, 5) is 12.3. The summed E-state index contributed by atoms with van der Waals surface area (Å²) in [7, 11) is 0. The zero-order valence-electron chi connectivity index (χ0n) is 14.9. The number of carbonyl (C=O) groups is 1. The first-order valence-corrected chi connectivity index (χ1v) is 9.18. The lowest BCUT2D eigenvalue weighted by molar-refractivity contribution is 0.0946. The summed E-state index contributed by atoms with van der Waals surface area (Å²) in [5, 5.41) is 15.2. The molecular weight excluding hydrogens is 347 g/mol. The van der Waals surface area contributed by atoms with E-state index in [2.05, 4.69) is 20.7 Å². The predicted molar refractivity (Wildman–Crippen MR) is 96.8 cm³/mol. The molecule has 1 aromatic carbocycles. The quantitative estimate of drug-likeness (QED) is 0.751. The van der Waals surface area contributed by atoms with Crippen molar-refractivity contribution >= 4 is 5.91 Å². The molecule has 0 aliphatic heterocycles. The van der Waals surface area contributed by atoms with Crippen LogP contribution in [0, 0.1) is 5.82 Å². The van der Waals surface area contributed by atoms with Crippen molar-refractivity contribution in [1.29, 1.82) is 0 Å². The van der Waals surface area contributed by atoms with Gasteiger partial charge in [0.05, 0.1) is 24.1 Å². The molecule has 0 spiro atoms. The Balaban J connectivity index is 1.36. The van der Waals surface area contributed by atoms with E-state index in [0.717, 1.165) is 18.4 Å². The van der Waals surface area contributed by atoms with Crippen molar-refractivity contribution < 1.29 is 9.18 Å². The fourth-order valence-corrected chi connectivity index (χ4v) is 3.39. The molecular formula is C19H21FN6O. The summed E-state index contributed by atoms with van der Waals surface area (Å²) >= 11 is 0. The van der Waals surface area contributed by atoms with Crippen LogP contribution in [0.4, 0.5) is 4.39 Å². The molecule has 2 heterocycles. The number of hydrogen-bond acceptors (Lipinski definition) is 4. The van der Waals surface area contributed by atoms with Crippen LogP contribution in [-0.4, -0.2) is 30.7 Å². The molecule has 140 valence electrons. The van der Waals surface area contributed by atoms with Gasteiger partial charge < -0.3 is 5.32 Å². The molecule has 1 fully saturated rings. The number of halogens is 1. The molecule has 3 aromatic rings. The molecule has 2 aromatic heterocycles. The van der Waals surface area contributed by atoms with Gasteiger partial charge in [0.25, 0.3) is 5.91 Å². The fraction of sp³-hybridized carbons (Fsp3) is 0.368. The van der Waals surface area contributed by atoms with Crippen molar-refractivity contribution in [1.82, 2.24) is 30.1 Å². The van der Waals surface area contributed by atoms with Gasteiger partial charge in [-0.3, -0.25) is 4.79 Å². The number of hydrogen-bond donors (Lipinski definition) is 1. The topological polar surface area (TPSA) is 77.6 Å². The molecule has 0 radical (unpaired) electrons. The Bertz CT molecular complexity index is 928. The van der Waals surface area contributed by atoms with Crippen LogP contribution in [0.5, 0.6) is 0 Å². The molecule has 0 unspecified atom stereocenters. The second kappa shape index (κ2) is 7.69. The van der Waals surface area contributed by atoms with Crippen molar-refractivity contribution in [2.45, 2.75) is 44.7 Å². The van der Waals surface area contributed by atoms with E-state index in [4.69, 9.17) is 0 Å². The van der Waals surface area contributed by atoms with Gasteiger partial charge in [-0.05, 0) is 31.0 Å². The van der Waals surface area contributed by atoms with Gasteiger partial charge in [0, 0.05) is 18.3 Å². The fourth-order valence-electron chi connectivity index (χ4n) is 3.39. The molecule has 7 nitrogen and oxygen atoms in total. The summed E-state index contributed by atoms with van der Waals surface area (Å²) in [6.07, 6.45) is 11.0. The molecule has 4 rings (SSSR count). The van der Waals surface area contributed by atoms with Crippen LogP contribution in [0.25, 0.3) is 5.69 Å². The number of amides is 1. The SMILES string of the molecule is O=C(NCc1cnn(-c2cccc(F)c2)c1)c1cn(C2CCCCC2)nn1. The highest BCUT2D eigenvalue weighted by molar-refractivity contribution is 5.91. The molecule has 0 atom stereocenters. The molecule has 0 saturated heterocycles. The van der Waals surface area contributed by atoms with Gasteiger partial charge in [-0.2, -0.15) is 5.10 Å². The number of carbonyl (C=O) groups excluding carboxylic acids is 1. The van der Waals surface area contributed by atoms with Crippen molar-refractivity contribution in [3.8, 4) is 5.69 Å². The Morgan fingerprint density at radius 2 is 2.07 bits per heavy atom. The van der Waals surface area contributed by atoms with Crippen LogP contribution in [0.3, 0.4) is 0 Å². The normalized spacial score (nSPS) is 15.0. The number of benzene rings is 1. The van der Waals surface area contributed by atoms with Gasteiger partial charge >= 0.3 is 0 Å². The second-order valence-corrected chi connectivity index (χ2v) is 6.83. The van der Waals surface area contributed by atoms with Crippen molar-refractivity contribution in [2.24, 2.45) is 0 Å². The Morgan fingerprint density at radius 1 is 1.22 bits per heavy atom. The number of rotatable bonds is 5. The third-order valence-electron chi connectivity index (χ3n) is 4.85. The van der Waals surface area contributed by atoms with Gasteiger partial charge in [-0.15, -0.1) is 5.10 Å².